The third kappa shape index (κ3) is 4.55. The lowest BCUT2D eigenvalue weighted by molar-refractivity contribution is -0.144. The van der Waals surface area contributed by atoms with Crippen molar-refractivity contribution in [1.29, 1.82) is 0 Å². The molecule has 1 fully saturated rings. The molecule has 0 unspecified atom stereocenters. The topological polar surface area (TPSA) is 66.3 Å². The number of hydrogen-bond acceptors (Lipinski definition) is 4. The zero-order chi connectivity index (χ0) is 14.5. The number of halogens is 4. The van der Waals surface area contributed by atoms with Gasteiger partial charge in [-0.05, 0) is 12.8 Å². The molecule has 2 heterocycles. The number of carbonyl (C=O) groups is 1. The maximum atomic E-state index is 12.4. The van der Waals surface area contributed by atoms with Gasteiger partial charge in [-0.2, -0.15) is 13.2 Å². The highest BCUT2D eigenvalue weighted by atomic mass is 35.5. The summed E-state index contributed by atoms with van der Waals surface area (Å²) in [4.78, 5) is 16.8. The number of carboxylic acid groups (broad SMARTS) is 1. The smallest absolute Gasteiger partial charge is 0.451 e. The van der Waals surface area contributed by atoms with Crippen molar-refractivity contribution < 1.29 is 23.1 Å². The molecule has 106 valence electrons. The van der Waals surface area contributed by atoms with Crippen LogP contribution in [0, 0.1) is 0 Å². The van der Waals surface area contributed by atoms with Crippen molar-refractivity contribution >= 4 is 23.9 Å². The standard InChI is InChI=1S/C9H9ClF3N3.CH2O2/c10-6-5-7(16-3-1-2-4-16)15-8(14-6)9(11,12)13;2-1-3/h5H,1-4H2;1H,(H,2,3). The van der Waals surface area contributed by atoms with E-state index >= 15 is 0 Å². The van der Waals surface area contributed by atoms with Crippen LogP contribution in [0.5, 0.6) is 0 Å². The van der Waals surface area contributed by atoms with E-state index in [-0.39, 0.29) is 17.4 Å². The van der Waals surface area contributed by atoms with E-state index in [2.05, 4.69) is 9.97 Å². The van der Waals surface area contributed by atoms with Crippen molar-refractivity contribution in [3.8, 4) is 0 Å². The number of aromatic nitrogens is 2. The van der Waals surface area contributed by atoms with Gasteiger partial charge in [0, 0.05) is 19.2 Å². The molecule has 0 radical (unpaired) electrons. The fourth-order valence-electron chi connectivity index (χ4n) is 1.64. The maximum absolute atomic E-state index is 12.4. The highest BCUT2D eigenvalue weighted by Gasteiger charge is 2.35. The second-order valence-electron chi connectivity index (χ2n) is 3.67. The van der Waals surface area contributed by atoms with Crippen molar-refractivity contribution in [2.75, 3.05) is 18.0 Å². The summed E-state index contributed by atoms with van der Waals surface area (Å²) in [6.07, 6.45) is -2.63. The molecule has 0 bridgehead atoms. The Morgan fingerprint density at radius 3 is 2.32 bits per heavy atom. The van der Waals surface area contributed by atoms with Crippen molar-refractivity contribution in [3.63, 3.8) is 0 Å². The summed E-state index contributed by atoms with van der Waals surface area (Å²) in [6, 6.07) is 1.36. The molecule has 1 N–H and O–H groups in total. The van der Waals surface area contributed by atoms with E-state index in [0.29, 0.717) is 13.1 Å². The van der Waals surface area contributed by atoms with Crippen LogP contribution in [0.25, 0.3) is 0 Å². The van der Waals surface area contributed by atoms with Gasteiger partial charge < -0.3 is 10.0 Å². The quantitative estimate of drug-likeness (QED) is 0.637. The molecule has 0 aromatic carbocycles. The third-order valence-electron chi connectivity index (χ3n) is 2.36. The Labute approximate surface area is 112 Å². The number of nitrogens with zero attached hydrogens (tertiary/aromatic N) is 3. The first-order valence-electron chi connectivity index (χ1n) is 5.33. The molecule has 1 aliphatic heterocycles. The van der Waals surface area contributed by atoms with Gasteiger partial charge in [0.25, 0.3) is 6.47 Å². The first-order valence-corrected chi connectivity index (χ1v) is 5.71. The fourth-order valence-corrected chi connectivity index (χ4v) is 1.82. The zero-order valence-electron chi connectivity index (χ0n) is 9.69. The first kappa shape index (κ1) is 15.5. The molecule has 2 rings (SSSR count). The second-order valence-corrected chi connectivity index (χ2v) is 4.06. The van der Waals surface area contributed by atoms with Gasteiger partial charge in [-0.3, -0.25) is 4.79 Å². The maximum Gasteiger partial charge on any atom is 0.451 e. The summed E-state index contributed by atoms with van der Waals surface area (Å²) in [5.74, 6) is -0.924. The Hall–Kier alpha value is -1.57. The Bertz CT molecular complexity index is 437. The summed E-state index contributed by atoms with van der Waals surface area (Å²) < 4.78 is 37.3. The average molecular weight is 298 g/mol. The van der Waals surface area contributed by atoms with Crippen LogP contribution < -0.4 is 4.90 Å². The van der Waals surface area contributed by atoms with Crippen molar-refractivity contribution in [3.05, 3.63) is 17.0 Å². The average Bonchev–Trinajstić information content (AvgIpc) is 2.81. The highest BCUT2D eigenvalue weighted by molar-refractivity contribution is 6.29. The molecular weight excluding hydrogens is 287 g/mol. The van der Waals surface area contributed by atoms with Crippen LogP contribution in [-0.2, 0) is 11.0 Å². The van der Waals surface area contributed by atoms with Crippen molar-refractivity contribution in [2.45, 2.75) is 19.0 Å². The van der Waals surface area contributed by atoms with E-state index in [4.69, 9.17) is 21.5 Å². The molecule has 19 heavy (non-hydrogen) atoms. The van der Waals surface area contributed by atoms with Gasteiger partial charge >= 0.3 is 6.18 Å². The highest BCUT2D eigenvalue weighted by Crippen LogP contribution is 2.29. The van der Waals surface area contributed by atoms with Crippen LogP contribution in [0.4, 0.5) is 19.0 Å². The van der Waals surface area contributed by atoms with Crippen molar-refractivity contribution in [1.82, 2.24) is 9.97 Å². The van der Waals surface area contributed by atoms with Crippen LogP contribution in [0.1, 0.15) is 18.7 Å². The van der Waals surface area contributed by atoms with Gasteiger partial charge in [0.15, 0.2) is 0 Å². The van der Waals surface area contributed by atoms with E-state index in [1.165, 1.54) is 6.07 Å². The Morgan fingerprint density at radius 2 is 1.84 bits per heavy atom. The van der Waals surface area contributed by atoms with Gasteiger partial charge in [0.05, 0.1) is 0 Å². The molecule has 0 spiro atoms. The number of anilines is 1. The molecule has 0 saturated carbocycles. The number of rotatable bonds is 1. The molecule has 0 aliphatic carbocycles. The predicted molar refractivity (Wildman–Crippen MR) is 62.2 cm³/mol. The van der Waals surface area contributed by atoms with Crippen LogP contribution in [-0.4, -0.2) is 34.6 Å². The fraction of sp³-hybridized carbons (Fsp3) is 0.500. The summed E-state index contributed by atoms with van der Waals surface area (Å²) in [6.45, 7) is 1.18. The Kier molecular flexibility index (Phi) is 5.34. The molecule has 0 atom stereocenters. The van der Waals surface area contributed by atoms with E-state index in [9.17, 15) is 13.2 Å². The Balaban J connectivity index is 0.000000550. The molecular formula is C10H11ClF3N3O2. The second kappa shape index (κ2) is 6.55. The van der Waals surface area contributed by atoms with E-state index in [0.717, 1.165) is 12.8 Å². The van der Waals surface area contributed by atoms with Crippen LogP contribution in [0.2, 0.25) is 5.15 Å². The predicted octanol–water partition coefficient (Wildman–Crippen LogP) is 2.45. The Morgan fingerprint density at radius 1 is 1.32 bits per heavy atom. The zero-order valence-corrected chi connectivity index (χ0v) is 10.4. The van der Waals surface area contributed by atoms with Crippen molar-refractivity contribution in [2.24, 2.45) is 0 Å². The first-order chi connectivity index (χ1) is 8.88. The lowest BCUT2D eigenvalue weighted by Crippen LogP contribution is -2.21. The molecule has 1 aromatic rings. The largest absolute Gasteiger partial charge is 0.483 e. The van der Waals surface area contributed by atoms with Gasteiger partial charge in [0.1, 0.15) is 11.0 Å². The molecule has 0 amide bonds. The van der Waals surface area contributed by atoms with Crippen LogP contribution >= 0.6 is 11.6 Å². The minimum absolute atomic E-state index is 0.177. The van der Waals surface area contributed by atoms with Gasteiger partial charge in [-0.1, -0.05) is 11.6 Å². The van der Waals surface area contributed by atoms with Crippen LogP contribution in [0.15, 0.2) is 6.07 Å². The van der Waals surface area contributed by atoms with Gasteiger partial charge in [0.2, 0.25) is 5.82 Å². The normalized spacial score (nSPS) is 14.8. The van der Waals surface area contributed by atoms with Gasteiger partial charge in [-0.15, -0.1) is 0 Å². The summed E-state index contributed by atoms with van der Waals surface area (Å²) >= 11 is 5.56. The SMILES string of the molecule is FC(F)(F)c1nc(Cl)cc(N2CCCC2)n1.O=CO. The van der Waals surface area contributed by atoms with E-state index < -0.39 is 12.0 Å². The van der Waals surface area contributed by atoms with E-state index in [1.807, 2.05) is 0 Å². The summed E-state index contributed by atoms with van der Waals surface area (Å²) in [5, 5.41) is 6.71. The minimum Gasteiger partial charge on any atom is -0.483 e. The lowest BCUT2D eigenvalue weighted by Gasteiger charge is -2.17. The van der Waals surface area contributed by atoms with Crippen LogP contribution in [0.3, 0.4) is 0 Å². The van der Waals surface area contributed by atoms with E-state index in [1.54, 1.807) is 4.90 Å². The number of hydrogen-bond donors (Lipinski definition) is 1. The summed E-state index contributed by atoms with van der Waals surface area (Å²) in [7, 11) is 0. The molecule has 1 aliphatic rings. The lowest BCUT2D eigenvalue weighted by atomic mass is 10.4. The molecule has 9 heteroatoms. The molecule has 1 aromatic heterocycles. The summed E-state index contributed by atoms with van der Waals surface area (Å²) in [5.41, 5.74) is 0. The minimum atomic E-state index is -4.56. The molecule has 5 nitrogen and oxygen atoms in total. The number of alkyl halides is 3. The van der Waals surface area contributed by atoms with Gasteiger partial charge in [-0.25, -0.2) is 9.97 Å². The molecule has 1 saturated heterocycles. The third-order valence-corrected chi connectivity index (χ3v) is 2.56. The monoisotopic (exact) mass is 297 g/mol.